The fourth-order valence-electron chi connectivity index (χ4n) is 4.47. The van der Waals surface area contributed by atoms with Gasteiger partial charge in [-0.3, -0.25) is 14.5 Å². The van der Waals surface area contributed by atoms with E-state index in [0.29, 0.717) is 30.3 Å². The van der Waals surface area contributed by atoms with Crippen LogP contribution in [0.15, 0.2) is 10.9 Å². The third-order valence-corrected chi connectivity index (χ3v) is 5.87. The molecule has 1 aliphatic carbocycles. The molecule has 130 valence electrons. The van der Waals surface area contributed by atoms with Gasteiger partial charge in [0, 0.05) is 43.4 Å². The smallest absolute Gasteiger partial charge is 0.251 e. The van der Waals surface area contributed by atoms with Crippen LogP contribution >= 0.6 is 0 Å². The molecule has 4 rings (SSSR count). The minimum absolute atomic E-state index is 0.0811. The maximum atomic E-state index is 12.3. The predicted octanol–water partition coefficient (Wildman–Crippen LogP) is 1.61. The first-order chi connectivity index (χ1) is 11.5. The van der Waals surface area contributed by atoms with Gasteiger partial charge in [-0.15, -0.1) is 0 Å². The molecule has 3 heterocycles. The normalized spacial score (nSPS) is 29.4. The molecule has 0 radical (unpaired) electrons. The third kappa shape index (κ3) is 2.88. The number of piperidine rings is 2. The molecule has 0 aromatic carbocycles. The average molecular weight is 330 g/mol. The molecule has 1 aromatic rings. The second-order valence-corrected chi connectivity index (χ2v) is 7.63. The molecule has 3 atom stereocenters. The molecule has 1 amide bonds. The fraction of sp³-hybridized carbons (Fsp3) is 0.722. The lowest BCUT2D eigenvalue weighted by molar-refractivity contribution is -0.142. The number of nitrogens with one attached hydrogen (secondary N) is 1. The van der Waals surface area contributed by atoms with Crippen LogP contribution in [-0.4, -0.2) is 50.8 Å². The summed E-state index contributed by atoms with van der Waals surface area (Å²) in [5.41, 5.74) is 0.682. The number of H-pyrrole nitrogens is 1. The lowest BCUT2D eigenvalue weighted by atomic mass is 9.83. The van der Waals surface area contributed by atoms with E-state index in [1.165, 1.54) is 18.9 Å². The first-order valence-corrected chi connectivity index (χ1v) is 9.16. The van der Waals surface area contributed by atoms with Gasteiger partial charge in [-0.25, -0.2) is 4.98 Å². The molecule has 0 bridgehead atoms. The highest BCUT2D eigenvalue weighted by Gasteiger charge is 2.45. The summed E-state index contributed by atoms with van der Waals surface area (Å²) in [4.78, 5) is 36.1. The van der Waals surface area contributed by atoms with E-state index in [1.54, 1.807) is 0 Å². The summed E-state index contributed by atoms with van der Waals surface area (Å²) in [5.74, 6) is 1.67. The monoisotopic (exact) mass is 330 g/mol. The maximum absolute atomic E-state index is 12.3. The van der Waals surface area contributed by atoms with Crippen LogP contribution < -0.4 is 5.56 Å². The highest BCUT2D eigenvalue weighted by molar-refractivity contribution is 5.78. The molecule has 1 saturated carbocycles. The summed E-state index contributed by atoms with van der Waals surface area (Å²) in [5, 5.41) is 0. The summed E-state index contributed by atoms with van der Waals surface area (Å²) in [6, 6.07) is 2.57. The first kappa shape index (κ1) is 15.8. The lowest BCUT2D eigenvalue weighted by Crippen LogP contribution is -2.57. The molecule has 3 fully saturated rings. The Morgan fingerprint density at radius 3 is 2.75 bits per heavy atom. The number of aromatic amines is 1. The van der Waals surface area contributed by atoms with Crippen molar-refractivity contribution in [3.63, 3.8) is 0 Å². The summed E-state index contributed by atoms with van der Waals surface area (Å²) in [6.07, 6.45) is 5.09. The van der Waals surface area contributed by atoms with Crippen molar-refractivity contribution >= 4 is 5.91 Å². The van der Waals surface area contributed by atoms with Gasteiger partial charge in [0.15, 0.2) is 0 Å². The summed E-state index contributed by atoms with van der Waals surface area (Å²) < 4.78 is 0. The molecule has 6 nitrogen and oxygen atoms in total. The van der Waals surface area contributed by atoms with Gasteiger partial charge < -0.3 is 9.88 Å². The lowest BCUT2D eigenvalue weighted by Gasteiger charge is -2.48. The Bertz CT molecular complexity index is 697. The van der Waals surface area contributed by atoms with Crippen LogP contribution in [0.4, 0.5) is 0 Å². The van der Waals surface area contributed by atoms with E-state index in [0.717, 1.165) is 37.4 Å². The van der Waals surface area contributed by atoms with E-state index >= 15 is 0 Å². The number of fused-ring (bicyclic) bond motifs is 1. The van der Waals surface area contributed by atoms with E-state index in [9.17, 15) is 9.59 Å². The van der Waals surface area contributed by atoms with Crippen molar-refractivity contribution in [1.29, 1.82) is 0 Å². The Labute approximate surface area is 142 Å². The Hall–Kier alpha value is -1.69. The van der Waals surface area contributed by atoms with E-state index in [2.05, 4.69) is 26.7 Å². The molecule has 1 aromatic heterocycles. The minimum atomic E-state index is -0.0811. The number of amides is 1. The van der Waals surface area contributed by atoms with Crippen LogP contribution in [0, 0.1) is 12.8 Å². The Morgan fingerprint density at radius 1 is 1.25 bits per heavy atom. The Balaban J connectivity index is 1.49. The molecule has 2 aliphatic heterocycles. The Morgan fingerprint density at radius 2 is 2.04 bits per heavy atom. The number of carbonyl (C=O) groups is 1. The van der Waals surface area contributed by atoms with Crippen molar-refractivity contribution < 1.29 is 4.79 Å². The van der Waals surface area contributed by atoms with Crippen LogP contribution in [0.2, 0.25) is 0 Å². The number of aromatic nitrogens is 2. The van der Waals surface area contributed by atoms with E-state index in [4.69, 9.17) is 0 Å². The van der Waals surface area contributed by atoms with Crippen molar-refractivity contribution in [3.8, 4) is 0 Å². The predicted molar refractivity (Wildman–Crippen MR) is 90.6 cm³/mol. The quantitative estimate of drug-likeness (QED) is 0.914. The number of rotatable bonds is 3. The molecule has 3 aliphatic rings. The number of aryl methyl sites for hydroxylation is 1. The van der Waals surface area contributed by atoms with Gasteiger partial charge >= 0.3 is 0 Å². The highest BCUT2D eigenvalue weighted by atomic mass is 16.2. The van der Waals surface area contributed by atoms with Crippen LogP contribution in [-0.2, 0) is 4.79 Å². The largest absolute Gasteiger partial charge is 0.336 e. The van der Waals surface area contributed by atoms with E-state index in [-0.39, 0.29) is 11.6 Å². The van der Waals surface area contributed by atoms with Crippen molar-refractivity contribution in [2.75, 3.05) is 13.1 Å². The average Bonchev–Trinajstić information content (AvgIpc) is 3.37. The minimum Gasteiger partial charge on any atom is -0.336 e. The summed E-state index contributed by atoms with van der Waals surface area (Å²) >= 11 is 0. The van der Waals surface area contributed by atoms with Crippen molar-refractivity contribution in [2.45, 2.75) is 64.1 Å². The summed E-state index contributed by atoms with van der Waals surface area (Å²) in [7, 11) is 0. The van der Waals surface area contributed by atoms with Crippen LogP contribution in [0.25, 0.3) is 0 Å². The SMILES string of the molecule is Cc1cc(=O)[nH]c([C@H](C)N2CC[C@H]3[C@H](CCC(=O)N3C3CC3)C2)n1. The third-order valence-electron chi connectivity index (χ3n) is 5.87. The van der Waals surface area contributed by atoms with Crippen LogP contribution in [0.1, 0.15) is 56.6 Å². The van der Waals surface area contributed by atoms with Gasteiger partial charge in [0.25, 0.3) is 5.56 Å². The molecular formula is C18H26N4O2. The van der Waals surface area contributed by atoms with Gasteiger partial charge in [-0.1, -0.05) is 0 Å². The number of hydrogen-bond donors (Lipinski definition) is 1. The van der Waals surface area contributed by atoms with Gasteiger partial charge in [0.1, 0.15) is 5.82 Å². The maximum Gasteiger partial charge on any atom is 0.251 e. The van der Waals surface area contributed by atoms with E-state index in [1.807, 2.05) is 6.92 Å². The van der Waals surface area contributed by atoms with Crippen molar-refractivity contribution in [1.82, 2.24) is 19.8 Å². The van der Waals surface area contributed by atoms with Gasteiger partial charge in [-0.05, 0) is 45.4 Å². The van der Waals surface area contributed by atoms with E-state index < -0.39 is 0 Å². The molecular weight excluding hydrogens is 304 g/mol. The number of hydrogen-bond acceptors (Lipinski definition) is 4. The van der Waals surface area contributed by atoms with Crippen molar-refractivity contribution in [3.05, 3.63) is 27.9 Å². The zero-order valence-corrected chi connectivity index (χ0v) is 14.5. The second kappa shape index (κ2) is 5.99. The number of likely N-dealkylation sites (tertiary alicyclic amines) is 2. The highest BCUT2D eigenvalue weighted by Crippen LogP contribution is 2.40. The number of nitrogens with zero attached hydrogens (tertiary/aromatic N) is 3. The molecule has 6 heteroatoms. The number of carbonyl (C=O) groups excluding carboxylic acids is 1. The topological polar surface area (TPSA) is 69.3 Å². The first-order valence-electron chi connectivity index (χ1n) is 9.16. The van der Waals surface area contributed by atoms with Gasteiger partial charge in [0.2, 0.25) is 5.91 Å². The zero-order valence-electron chi connectivity index (χ0n) is 14.5. The zero-order chi connectivity index (χ0) is 16.8. The molecule has 24 heavy (non-hydrogen) atoms. The summed E-state index contributed by atoms with van der Waals surface area (Å²) in [6.45, 7) is 5.92. The molecule has 0 spiro atoms. The van der Waals surface area contributed by atoms with Gasteiger partial charge in [0.05, 0.1) is 6.04 Å². The second-order valence-electron chi connectivity index (χ2n) is 7.63. The fourth-order valence-corrected chi connectivity index (χ4v) is 4.47. The van der Waals surface area contributed by atoms with Gasteiger partial charge in [-0.2, -0.15) is 0 Å². The molecule has 2 saturated heterocycles. The molecule has 1 N–H and O–H groups in total. The van der Waals surface area contributed by atoms with Crippen LogP contribution in [0.5, 0.6) is 0 Å². The Kier molecular flexibility index (Phi) is 3.95. The van der Waals surface area contributed by atoms with Crippen LogP contribution in [0.3, 0.4) is 0 Å². The standard InChI is InChI=1S/C18H26N4O2/c1-11-9-16(23)20-18(19-11)12(2)21-8-7-15-13(10-21)3-6-17(24)22(15)14-4-5-14/h9,12-15H,3-8,10H2,1-2H3,(H,19,20,23)/t12-,13+,15-/m0/s1. The molecule has 0 unspecified atom stereocenters. The van der Waals surface area contributed by atoms with Crippen molar-refractivity contribution in [2.24, 2.45) is 5.92 Å².